The number of ether oxygens (including phenoxy) is 2. The Morgan fingerprint density at radius 1 is 1.15 bits per heavy atom. The first-order valence-electron chi connectivity index (χ1n) is 9.11. The van der Waals surface area contributed by atoms with Crippen LogP contribution in [-0.2, 0) is 9.59 Å². The molecule has 0 unspecified atom stereocenters. The number of piperidine rings is 1. The van der Waals surface area contributed by atoms with Crippen molar-refractivity contribution in [3.8, 4) is 11.5 Å². The molecule has 0 saturated carbocycles. The quantitative estimate of drug-likeness (QED) is 0.849. The lowest BCUT2D eigenvalue weighted by Gasteiger charge is -2.31. The predicted octanol–water partition coefficient (Wildman–Crippen LogP) is 1.24. The summed E-state index contributed by atoms with van der Waals surface area (Å²) in [5.74, 6) is -0.514. The zero-order chi connectivity index (χ0) is 19.4. The van der Waals surface area contributed by atoms with Crippen LogP contribution in [0.25, 0.3) is 0 Å². The number of carboxylic acids is 1. The minimum atomic E-state index is -0.816. The van der Waals surface area contributed by atoms with Gasteiger partial charge in [0.2, 0.25) is 5.91 Å². The van der Waals surface area contributed by atoms with Gasteiger partial charge in [0.25, 0.3) is 5.91 Å². The maximum atomic E-state index is 12.7. The summed E-state index contributed by atoms with van der Waals surface area (Å²) in [7, 11) is 1.58. The third kappa shape index (κ3) is 4.50. The molecule has 1 N–H and O–H groups in total. The van der Waals surface area contributed by atoms with E-state index < -0.39 is 11.9 Å². The first kappa shape index (κ1) is 19.0. The van der Waals surface area contributed by atoms with Crippen LogP contribution in [0.5, 0.6) is 11.5 Å². The summed E-state index contributed by atoms with van der Waals surface area (Å²) >= 11 is 0. The Hall–Kier alpha value is -2.77. The van der Waals surface area contributed by atoms with Crippen LogP contribution in [0, 0.1) is 5.92 Å². The molecule has 2 aliphatic rings. The van der Waals surface area contributed by atoms with Crippen molar-refractivity contribution in [1.29, 1.82) is 0 Å². The molecule has 8 nitrogen and oxygen atoms in total. The van der Waals surface area contributed by atoms with Gasteiger partial charge in [-0.15, -0.1) is 0 Å². The molecule has 0 aliphatic carbocycles. The number of carboxylic acid groups (broad SMARTS) is 1. The van der Waals surface area contributed by atoms with Gasteiger partial charge in [-0.3, -0.25) is 14.4 Å². The average molecular weight is 376 g/mol. The van der Waals surface area contributed by atoms with Crippen molar-refractivity contribution in [3.05, 3.63) is 23.8 Å². The zero-order valence-corrected chi connectivity index (χ0v) is 15.3. The van der Waals surface area contributed by atoms with Crippen LogP contribution in [0.2, 0.25) is 0 Å². The second-order valence-corrected chi connectivity index (χ2v) is 6.87. The van der Waals surface area contributed by atoms with Gasteiger partial charge in [0.1, 0.15) is 0 Å². The maximum Gasteiger partial charge on any atom is 0.306 e. The Morgan fingerprint density at radius 2 is 1.81 bits per heavy atom. The van der Waals surface area contributed by atoms with Crippen molar-refractivity contribution in [1.82, 2.24) is 9.80 Å². The van der Waals surface area contributed by atoms with Crippen molar-refractivity contribution < 1.29 is 29.0 Å². The lowest BCUT2D eigenvalue weighted by molar-refractivity contribution is -0.145. The normalized spacial score (nSPS) is 17.1. The Kier molecular flexibility index (Phi) is 5.83. The molecule has 1 aromatic rings. The summed E-state index contributed by atoms with van der Waals surface area (Å²) in [5, 5.41) is 9.03. The SMILES string of the molecule is CN(CC(=O)N1CCC(C(=O)O)CC1)C(=O)c1ccc2c(c1)OCCCO2. The molecule has 1 saturated heterocycles. The Morgan fingerprint density at radius 3 is 2.48 bits per heavy atom. The highest BCUT2D eigenvalue weighted by atomic mass is 16.5. The number of hydrogen-bond donors (Lipinski definition) is 1. The summed E-state index contributed by atoms with van der Waals surface area (Å²) in [4.78, 5) is 39.1. The maximum absolute atomic E-state index is 12.7. The minimum absolute atomic E-state index is 0.0506. The first-order chi connectivity index (χ1) is 13.0. The van der Waals surface area contributed by atoms with Crippen LogP contribution >= 0.6 is 0 Å². The number of likely N-dealkylation sites (tertiary alicyclic amines) is 1. The molecular formula is C19H24N2O6. The number of nitrogens with zero attached hydrogens (tertiary/aromatic N) is 2. The molecule has 1 aromatic carbocycles. The summed E-state index contributed by atoms with van der Waals surface area (Å²) in [6, 6.07) is 5.01. The van der Waals surface area contributed by atoms with Gasteiger partial charge in [-0.05, 0) is 31.0 Å². The zero-order valence-electron chi connectivity index (χ0n) is 15.3. The summed E-state index contributed by atoms with van der Waals surface area (Å²) in [5.41, 5.74) is 0.430. The van der Waals surface area contributed by atoms with Crippen LogP contribution in [0.4, 0.5) is 0 Å². The molecule has 0 bridgehead atoms. The Balaban J connectivity index is 1.58. The lowest BCUT2D eigenvalue weighted by Crippen LogP contribution is -2.45. The highest BCUT2D eigenvalue weighted by Crippen LogP contribution is 2.30. The topological polar surface area (TPSA) is 96.4 Å². The van der Waals surface area contributed by atoms with Crippen molar-refractivity contribution in [2.24, 2.45) is 5.92 Å². The molecule has 2 heterocycles. The van der Waals surface area contributed by atoms with E-state index in [4.69, 9.17) is 14.6 Å². The van der Waals surface area contributed by atoms with E-state index in [0.717, 1.165) is 6.42 Å². The van der Waals surface area contributed by atoms with E-state index in [0.29, 0.717) is 56.2 Å². The molecule has 0 aromatic heterocycles. The van der Waals surface area contributed by atoms with Gasteiger partial charge < -0.3 is 24.4 Å². The fourth-order valence-corrected chi connectivity index (χ4v) is 3.27. The molecule has 3 rings (SSSR count). The van der Waals surface area contributed by atoms with Gasteiger partial charge in [0.15, 0.2) is 11.5 Å². The number of aliphatic carboxylic acids is 1. The van der Waals surface area contributed by atoms with E-state index in [1.165, 1.54) is 4.90 Å². The number of likely N-dealkylation sites (N-methyl/N-ethyl adjacent to an activating group) is 1. The van der Waals surface area contributed by atoms with Gasteiger partial charge in [0, 0.05) is 32.1 Å². The monoisotopic (exact) mass is 376 g/mol. The molecule has 0 radical (unpaired) electrons. The smallest absolute Gasteiger partial charge is 0.306 e. The number of amides is 2. The summed E-state index contributed by atoms with van der Waals surface area (Å²) in [6.45, 7) is 1.87. The Labute approximate surface area is 157 Å². The van der Waals surface area contributed by atoms with E-state index in [-0.39, 0.29) is 18.4 Å². The second-order valence-electron chi connectivity index (χ2n) is 6.87. The van der Waals surface area contributed by atoms with Crippen molar-refractivity contribution >= 4 is 17.8 Å². The standard InChI is InChI=1S/C19H24N2O6/c1-20(12-17(22)21-7-5-13(6-8-21)19(24)25)18(23)14-3-4-15-16(11-14)27-10-2-9-26-15/h3-4,11,13H,2,5-10,12H2,1H3,(H,24,25). The molecule has 2 aliphatic heterocycles. The van der Waals surface area contributed by atoms with Gasteiger partial charge in [-0.25, -0.2) is 0 Å². The number of rotatable bonds is 4. The van der Waals surface area contributed by atoms with Crippen LogP contribution in [0.3, 0.4) is 0 Å². The number of carbonyl (C=O) groups excluding carboxylic acids is 2. The average Bonchev–Trinajstić information content (AvgIpc) is 2.92. The fourth-order valence-electron chi connectivity index (χ4n) is 3.27. The first-order valence-corrected chi connectivity index (χ1v) is 9.11. The predicted molar refractivity (Wildman–Crippen MR) is 95.9 cm³/mol. The molecule has 146 valence electrons. The minimum Gasteiger partial charge on any atom is -0.490 e. The van der Waals surface area contributed by atoms with Crippen molar-refractivity contribution in [2.75, 3.05) is 39.9 Å². The van der Waals surface area contributed by atoms with Crippen LogP contribution < -0.4 is 9.47 Å². The number of hydrogen-bond acceptors (Lipinski definition) is 5. The largest absolute Gasteiger partial charge is 0.490 e. The van der Waals surface area contributed by atoms with E-state index >= 15 is 0 Å². The molecule has 0 spiro atoms. The van der Waals surface area contributed by atoms with Crippen LogP contribution in [0.15, 0.2) is 18.2 Å². The molecule has 27 heavy (non-hydrogen) atoms. The molecule has 0 atom stereocenters. The molecule has 8 heteroatoms. The molecule has 2 amide bonds. The third-order valence-corrected chi connectivity index (χ3v) is 4.91. The number of fused-ring (bicyclic) bond motifs is 1. The van der Waals surface area contributed by atoms with Gasteiger partial charge in [-0.1, -0.05) is 0 Å². The van der Waals surface area contributed by atoms with E-state index in [9.17, 15) is 14.4 Å². The van der Waals surface area contributed by atoms with Gasteiger partial charge in [-0.2, -0.15) is 0 Å². The Bertz CT molecular complexity index is 727. The lowest BCUT2D eigenvalue weighted by atomic mass is 9.97. The summed E-state index contributed by atoms with van der Waals surface area (Å²) in [6.07, 6.45) is 1.67. The van der Waals surface area contributed by atoms with Gasteiger partial charge >= 0.3 is 5.97 Å². The number of carbonyl (C=O) groups is 3. The third-order valence-electron chi connectivity index (χ3n) is 4.91. The number of benzene rings is 1. The van der Waals surface area contributed by atoms with E-state index in [2.05, 4.69) is 0 Å². The van der Waals surface area contributed by atoms with Gasteiger partial charge in [0.05, 0.1) is 25.7 Å². The fraction of sp³-hybridized carbons (Fsp3) is 0.526. The van der Waals surface area contributed by atoms with Crippen molar-refractivity contribution in [3.63, 3.8) is 0 Å². The molecular weight excluding hydrogens is 352 g/mol. The van der Waals surface area contributed by atoms with Crippen molar-refractivity contribution in [2.45, 2.75) is 19.3 Å². The highest BCUT2D eigenvalue weighted by molar-refractivity contribution is 5.97. The summed E-state index contributed by atoms with van der Waals surface area (Å²) < 4.78 is 11.2. The highest BCUT2D eigenvalue weighted by Gasteiger charge is 2.28. The van der Waals surface area contributed by atoms with Crippen LogP contribution in [0.1, 0.15) is 29.6 Å². The second kappa shape index (κ2) is 8.28. The van der Waals surface area contributed by atoms with E-state index in [1.807, 2.05) is 0 Å². The van der Waals surface area contributed by atoms with E-state index in [1.54, 1.807) is 30.1 Å². The molecule has 1 fully saturated rings. The van der Waals surface area contributed by atoms with Crippen LogP contribution in [-0.4, -0.2) is 72.6 Å².